The zero-order valence-electron chi connectivity index (χ0n) is 15.6. The quantitative estimate of drug-likeness (QED) is 0.353. The molecule has 1 aromatic carbocycles. The molecule has 0 aromatic heterocycles. The third-order valence-corrected chi connectivity index (χ3v) is 4.93. The summed E-state index contributed by atoms with van der Waals surface area (Å²) >= 11 is 0. The number of carbonyl (C=O) groups is 2. The second kappa shape index (κ2) is 9.32. The van der Waals surface area contributed by atoms with Gasteiger partial charge in [-0.1, -0.05) is 36.8 Å². The van der Waals surface area contributed by atoms with Gasteiger partial charge >= 0.3 is 13.1 Å². The molecule has 1 aliphatic heterocycles. The van der Waals surface area contributed by atoms with Crippen LogP contribution in [-0.2, 0) is 20.9 Å². The number of nitrogens with two attached hydrogens (primary N) is 2. The number of esters is 1. The maximum absolute atomic E-state index is 12.8. The average Bonchev–Trinajstić information content (AvgIpc) is 2.97. The van der Waals surface area contributed by atoms with Gasteiger partial charge in [0.25, 0.3) is 0 Å². The van der Waals surface area contributed by atoms with Crippen molar-refractivity contribution < 1.29 is 24.4 Å². The van der Waals surface area contributed by atoms with E-state index in [-0.39, 0.29) is 31.3 Å². The second-order valence-corrected chi connectivity index (χ2v) is 7.22. The first-order chi connectivity index (χ1) is 12.7. The molecule has 1 heterocycles. The van der Waals surface area contributed by atoms with Gasteiger partial charge in [0.05, 0.1) is 6.04 Å². The number of likely N-dealkylation sites (tertiary alicyclic amines) is 1. The van der Waals surface area contributed by atoms with Gasteiger partial charge in [-0.2, -0.15) is 0 Å². The molecule has 0 radical (unpaired) electrons. The van der Waals surface area contributed by atoms with Gasteiger partial charge in [0.15, 0.2) is 0 Å². The molecule has 1 saturated heterocycles. The fraction of sp³-hybridized carbons (Fsp3) is 0.556. The van der Waals surface area contributed by atoms with Crippen molar-refractivity contribution in [3.8, 4) is 0 Å². The molecule has 0 unspecified atom stereocenters. The molecule has 9 heteroatoms. The fourth-order valence-electron chi connectivity index (χ4n) is 3.38. The van der Waals surface area contributed by atoms with Crippen molar-refractivity contribution in [1.82, 2.24) is 4.90 Å². The predicted molar refractivity (Wildman–Crippen MR) is 101 cm³/mol. The maximum atomic E-state index is 12.8. The zero-order valence-corrected chi connectivity index (χ0v) is 15.6. The standard InChI is InChI=1S/C18H28BN3O5/c1-13(20)16(23)22-10-15(8-5-9-19(25)26)18(21,12-22)17(24)27-11-14-6-3-2-4-7-14/h2-4,6-7,13,15,25-26H,5,8-12,20-21H2,1H3/t13-,15-,18-/m0/s1. The molecule has 148 valence electrons. The van der Waals surface area contributed by atoms with Crippen molar-refractivity contribution in [2.75, 3.05) is 13.1 Å². The van der Waals surface area contributed by atoms with Crippen LogP contribution in [0.15, 0.2) is 30.3 Å². The molecule has 6 N–H and O–H groups in total. The van der Waals surface area contributed by atoms with Crippen LogP contribution < -0.4 is 11.5 Å². The van der Waals surface area contributed by atoms with Gasteiger partial charge in [-0.15, -0.1) is 0 Å². The van der Waals surface area contributed by atoms with Gasteiger partial charge < -0.3 is 31.2 Å². The summed E-state index contributed by atoms with van der Waals surface area (Å²) in [6.07, 6.45) is 1.11. The van der Waals surface area contributed by atoms with Crippen molar-refractivity contribution in [2.45, 2.75) is 44.3 Å². The minimum absolute atomic E-state index is 0.0351. The Morgan fingerprint density at radius 1 is 1.37 bits per heavy atom. The van der Waals surface area contributed by atoms with E-state index in [0.717, 1.165) is 5.56 Å². The van der Waals surface area contributed by atoms with Gasteiger partial charge in [-0.25, -0.2) is 4.79 Å². The van der Waals surface area contributed by atoms with Crippen molar-refractivity contribution >= 4 is 19.0 Å². The summed E-state index contributed by atoms with van der Waals surface area (Å²) in [5, 5.41) is 18.1. The number of benzene rings is 1. The lowest BCUT2D eigenvalue weighted by atomic mass is 9.78. The van der Waals surface area contributed by atoms with Crippen molar-refractivity contribution in [3.05, 3.63) is 35.9 Å². The first-order valence-corrected chi connectivity index (χ1v) is 9.14. The molecule has 0 spiro atoms. The van der Waals surface area contributed by atoms with E-state index >= 15 is 0 Å². The average molecular weight is 377 g/mol. The molecule has 1 amide bonds. The highest BCUT2D eigenvalue weighted by Gasteiger charge is 2.51. The van der Waals surface area contributed by atoms with E-state index in [9.17, 15) is 9.59 Å². The molecule has 0 aliphatic carbocycles. The van der Waals surface area contributed by atoms with E-state index in [0.29, 0.717) is 19.4 Å². The topological polar surface area (TPSA) is 139 Å². The Kier molecular flexibility index (Phi) is 7.37. The summed E-state index contributed by atoms with van der Waals surface area (Å²) in [7, 11) is -1.41. The lowest BCUT2D eigenvalue weighted by molar-refractivity contribution is -0.152. The predicted octanol–water partition coefficient (Wildman–Crippen LogP) is -0.514. The van der Waals surface area contributed by atoms with Crippen LogP contribution in [0.4, 0.5) is 0 Å². The normalized spacial score (nSPS) is 23.1. The van der Waals surface area contributed by atoms with E-state index in [1.807, 2.05) is 30.3 Å². The Hall–Kier alpha value is -1.94. The molecule has 1 aromatic rings. The van der Waals surface area contributed by atoms with Crippen LogP contribution in [-0.4, -0.2) is 58.6 Å². The molecule has 0 bridgehead atoms. The number of carbonyl (C=O) groups excluding carboxylic acids is 2. The Balaban J connectivity index is 2.08. The second-order valence-electron chi connectivity index (χ2n) is 7.22. The molecular formula is C18H28BN3O5. The van der Waals surface area contributed by atoms with Gasteiger partial charge in [0.2, 0.25) is 5.91 Å². The summed E-state index contributed by atoms with van der Waals surface area (Å²) in [5.74, 6) is -1.19. The van der Waals surface area contributed by atoms with Crippen LogP contribution in [0.1, 0.15) is 25.3 Å². The fourth-order valence-corrected chi connectivity index (χ4v) is 3.38. The first-order valence-electron chi connectivity index (χ1n) is 9.14. The van der Waals surface area contributed by atoms with Crippen LogP contribution in [0.2, 0.25) is 6.32 Å². The van der Waals surface area contributed by atoms with Crippen molar-refractivity contribution in [1.29, 1.82) is 0 Å². The van der Waals surface area contributed by atoms with Gasteiger partial charge in [-0.3, -0.25) is 4.79 Å². The smallest absolute Gasteiger partial charge is 0.451 e. The number of hydrogen-bond acceptors (Lipinski definition) is 7. The SMILES string of the molecule is C[C@H](N)C(=O)N1C[C@H](CCCB(O)O)[C@](N)(C(=O)OCc2ccccc2)C1. The lowest BCUT2D eigenvalue weighted by Gasteiger charge is -2.28. The van der Waals surface area contributed by atoms with E-state index in [1.54, 1.807) is 6.92 Å². The largest absolute Gasteiger partial charge is 0.459 e. The van der Waals surface area contributed by atoms with E-state index in [4.69, 9.17) is 26.3 Å². The summed E-state index contributed by atoms with van der Waals surface area (Å²) in [6, 6.07) is 8.57. The molecule has 2 rings (SSSR count). The van der Waals surface area contributed by atoms with Crippen molar-refractivity contribution in [3.63, 3.8) is 0 Å². The molecule has 8 nitrogen and oxygen atoms in total. The number of ether oxygens (including phenoxy) is 1. The van der Waals surface area contributed by atoms with Crippen LogP contribution >= 0.6 is 0 Å². The van der Waals surface area contributed by atoms with Gasteiger partial charge in [-0.05, 0) is 25.2 Å². The summed E-state index contributed by atoms with van der Waals surface area (Å²) in [6.45, 7) is 2.01. The number of hydrogen-bond donors (Lipinski definition) is 4. The highest BCUT2D eigenvalue weighted by Crippen LogP contribution is 2.32. The molecule has 1 fully saturated rings. The van der Waals surface area contributed by atoms with Crippen LogP contribution in [0.25, 0.3) is 0 Å². The van der Waals surface area contributed by atoms with E-state index in [1.165, 1.54) is 4.90 Å². The molecule has 3 atom stereocenters. The number of rotatable bonds is 8. The third-order valence-electron chi connectivity index (χ3n) is 4.93. The molecular weight excluding hydrogens is 349 g/mol. The Bertz CT molecular complexity index is 643. The Morgan fingerprint density at radius 2 is 2.04 bits per heavy atom. The highest BCUT2D eigenvalue weighted by atomic mass is 16.5. The summed E-state index contributed by atoms with van der Waals surface area (Å²) < 4.78 is 5.43. The summed E-state index contributed by atoms with van der Waals surface area (Å²) in [4.78, 5) is 26.5. The van der Waals surface area contributed by atoms with Gasteiger partial charge in [0.1, 0.15) is 12.1 Å². The number of amides is 1. The van der Waals surface area contributed by atoms with Crippen molar-refractivity contribution in [2.24, 2.45) is 17.4 Å². The maximum Gasteiger partial charge on any atom is 0.451 e. The monoisotopic (exact) mass is 377 g/mol. The van der Waals surface area contributed by atoms with Crippen LogP contribution in [0.3, 0.4) is 0 Å². The van der Waals surface area contributed by atoms with E-state index < -0.39 is 24.7 Å². The summed E-state index contributed by atoms with van der Waals surface area (Å²) in [5.41, 5.74) is 11.6. The molecule has 0 saturated carbocycles. The molecule has 27 heavy (non-hydrogen) atoms. The van der Waals surface area contributed by atoms with Gasteiger partial charge in [0, 0.05) is 19.0 Å². The third kappa shape index (κ3) is 5.52. The zero-order chi connectivity index (χ0) is 20.0. The molecule has 1 aliphatic rings. The first kappa shape index (κ1) is 21.4. The number of nitrogens with zero attached hydrogens (tertiary/aromatic N) is 1. The minimum atomic E-state index is -1.41. The Labute approximate surface area is 159 Å². The Morgan fingerprint density at radius 3 is 2.63 bits per heavy atom. The van der Waals surface area contributed by atoms with E-state index in [2.05, 4.69) is 0 Å². The lowest BCUT2D eigenvalue weighted by Crippen LogP contribution is -2.56. The minimum Gasteiger partial charge on any atom is -0.459 e. The van der Waals surface area contributed by atoms with Crippen LogP contribution in [0, 0.1) is 5.92 Å². The highest BCUT2D eigenvalue weighted by molar-refractivity contribution is 6.40. The van der Waals surface area contributed by atoms with Crippen LogP contribution in [0.5, 0.6) is 0 Å².